The standard InChI is InChI=1S/C8H13F3O4S/c1-7(2)5-14-4-3-6(7)15-16(12,13)8(9,10)11/h6H,3-5H2,1-2H3. The van der Waals surface area contributed by atoms with E-state index in [0.29, 0.717) is 0 Å². The summed E-state index contributed by atoms with van der Waals surface area (Å²) >= 11 is 0. The lowest BCUT2D eigenvalue weighted by molar-refractivity contribution is -0.0903. The number of ether oxygens (including phenoxy) is 1. The quantitative estimate of drug-likeness (QED) is 0.561. The van der Waals surface area contributed by atoms with Gasteiger partial charge in [0.05, 0.1) is 12.7 Å². The molecule has 1 aliphatic heterocycles. The van der Waals surface area contributed by atoms with Gasteiger partial charge in [-0.05, 0) is 6.42 Å². The average molecular weight is 262 g/mol. The van der Waals surface area contributed by atoms with Crippen molar-refractivity contribution in [2.75, 3.05) is 13.2 Å². The van der Waals surface area contributed by atoms with Crippen molar-refractivity contribution in [3.05, 3.63) is 0 Å². The molecule has 0 aromatic heterocycles. The summed E-state index contributed by atoms with van der Waals surface area (Å²) < 4.78 is 67.2. The predicted octanol–water partition coefficient (Wildman–Crippen LogP) is 1.67. The number of hydrogen-bond donors (Lipinski definition) is 0. The SMILES string of the molecule is CC1(C)COCCC1OS(=O)(=O)C(F)(F)F. The molecule has 0 bridgehead atoms. The van der Waals surface area contributed by atoms with Crippen molar-refractivity contribution in [2.24, 2.45) is 5.41 Å². The largest absolute Gasteiger partial charge is 0.523 e. The van der Waals surface area contributed by atoms with Crippen LogP contribution in [0, 0.1) is 5.41 Å². The molecule has 16 heavy (non-hydrogen) atoms. The third kappa shape index (κ3) is 2.86. The molecule has 8 heteroatoms. The van der Waals surface area contributed by atoms with Crippen LogP contribution in [0.2, 0.25) is 0 Å². The Kier molecular flexibility index (Phi) is 3.56. The topological polar surface area (TPSA) is 52.6 Å². The van der Waals surface area contributed by atoms with Crippen molar-refractivity contribution in [1.29, 1.82) is 0 Å². The molecule has 0 spiro atoms. The smallest absolute Gasteiger partial charge is 0.381 e. The monoisotopic (exact) mass is 262 g/mol. The summed E-state index contributed by atoms with van der Waals surface area (Å²) in [5, 5.41) is 0. The zero-order valence-corrected chi connectivity index (χ0v) is 9.69. The van der Waals surface area contributed by atoms with Gasteiger partial charge >= 0.3 is 15.6 Å². The van der Waals surface area contributed by atoms with E-state index < -0.39 is 27.1 Å². The zero-order chi connectivity index (χ0) is 12.6. The number of alkyl halides is 3. The molecule has 1 rings (SSSR count). The highest BCUT2D eigenvalue weighted by Gasteiger charge is 2.50. The number of rotatable bonds is 2. The van der Waals surface area contributed by atoms with E-state index in [1.807, 2.05) is 0 Å². The molecule has 1 fully saturated rings. The molecule has 1 aliphatic rings. The Morgan fingerprint density at radius 2 is 1.94 bits per heavy atom. The second-order valence-electron chi connectivity index (χ2n) is 4.31. The van der Waals surface area contributed by atoms with Crippen LogP contribution in [0.4, 0.5) is 13.2 Å². The van der Waals surface area contributed by atoms with E-state index in [2.05, 4.69) is 4.18 Å². The molecule has 0 aromatic rings. The first kappa shape index (κ1) is 13.7. The van der Waals surface area contributed by atoms with E-state index in [1.165, 1.54) is 0 Å². The van der Waals surface area contributed by atoms with E-state index in [0.717, 1.165) is 0 Å². The molecule has 1 unspecified atom stereocenters. The van der Waals surface area contributed by atoms with Gasteiger partial charge in [-0.2, -0.15) is 21.6 Å². The fourth-order valence-corrected chi connectivity index (χ4v) is 2.17. The van der Waals surface area contributed by atoms with Crippen LogP contribution in [-0.4, -0.2) is 33.2 Å². The molecule has 0 radical (unpaired) electrons. The lowest BCUT2D eigenvalue weighted by Gasteiger charge is -2.37. The third-order valence-electron chi connectivity index (χ3n) is 2.40. The highest BCUT2D eigenvalue weighted by Crippen LogP contribution is 2.35. The average Bonchev–Trinajstić information content (AvgIpc) is 2.06. The van der Waals surface area contributed by atoms with Gasteiger partial charge in [-0.3, -0.25) is 4.18 Å². The van der Waals surface area contributed by atoms with E-state index in [9.17, 15) is 21.6 Å². The highest BCUT2D eigenvalue weighted by atomic mass is 32.2. The summed E-state index contributed by atoms with van der Waals surface area (Å²) in [7, 11) is -5.52. The third-order valence-corrected chi connectivity index (χ3v) is 3.45. The van der Waals surface area contributed by atoms with Gasteiger partial charge in [0, 0.05) is 12.0 Å². The maximum atomic E-state index is 12.1. The Hall–Kier alpha value is -0.340. The molecule has 0 amide bonds. The highest BCUT2D eigenvalue weighted by molar-refractivity contribution is 7.87. The summed E-state index contributed by atoms with van der Waals surface area (Å²) in [6.45, 7) is 3.57. The maximum absolute atomic E-state index is 12.1. The second kappa shape index (κ2) is 4.15. The Balaban J connectivity index is 2.81. The van der Waals surface area contributed by atoms with Crippen molar-refractivity contribution in [2.45, 2.75) is 31.9 Å². The Morgan fingerprint density at radius 3 is 2.38 bits per heavy atom. The van der Waals surface area contributed by atoms with Gasteiger partial charge in [-0.15, -0.1) is 0 Å². The van der Waals surface area contributed by atoms with Crippen LogP contribution in [-0.2, 0) is 19.0 Å². The normalized spacial score (nSPS) is 26.7. The van der Waals surface area contributed by atoms with Crippen molar-refractivity contribution in [3.63, 3.8) is 0 Å². The fourth-order valence-electron chi connectivity index (χ4n) is 1.40. The van der Waals surface area contributed by atoms with Gasteiger partial charge in [0.1, 0.15) is 0 Å². The van der Waals surface area contributed by atoms with Gasteiger partial charge in [-0.25, -0.2) is 0 Å². The van der Waals surface area contributed by atoms with Gasteiger partial charge in [0.25, 0.3) is 0 Å². The van der Waals surface area contributed by atoms with Crippen molar-refractivity contribution in [3.8, 4) is 0 Å². The van der Waals surface area contributed by atoms with Crippen molar-refractivity contribution in [1.82, 2.24) is 0 Å². The lowest BCUT2D eigenvalue weighted by atomic mass is 9.84. The van der Waals surface area contributed by atoms with Crippen LogP contribution in [0.1, 0.15) is 20.3 Å². The van der Waals surface area contributed by atoms with Gasteiger partial charge in [0.15, 0.2) is 0 Å². The van der Waals surface area contributed by atoms with Crippen LogP contribution in [0.15, 0.2) is 0 Å². The minimum absolute atomic E-state index is 0.127. The van der Waals surface area contributed by atoms with Crippen LogP contribution in [0.25, 0.3) is 0 Å². The van der Waals surface area contributed by atoms with E-state index in [4.69, 9.17) is 4.74 Å². The first-order chi connectivity index (χ1) is 7.06. The molecular formula is C8H13F3O4S. The molecule has 0 saturated carbocycles. The summed E-state index contributed by atoms with van der Waals surface area (Å²) in [5.74, 6) is 0. The molecular weight excluding hydrogens is 249 g/mol. The summed E-state index contributed by atoms with van der Waals surface area (Å²) in [6, 6.07) is 0. The van der Waals surface area contributed by atoms with E-state index >= 15 is 0 Å². The van der Waals surface area contributed by atoms with Crippen LogP contribution in [0.5, 0.6) is 0 Å². The van der Waals surface area contributed by atoms with Crippen LogP contribution < -0.4 is 0 Å². The molecule has 1 atom stereocenters. The van der Waals surface area contributed by atoms with Crippen LogP contribution in [0.3, 0.4) is 0 Å². The van der Waals surface area contributed by atoms with Crippen molar-refractivity contribution < 1.29 is 30.5 Å². The van der Waals surface area contributed by atoms with Gasteiger partial charge in [0.2, 0.25) is 0 Å². The van der Waals surface area contributed by atoms with Crippen LogP contribution >= 0.6 is 0 Å². The van der Waals surface area contributed by atoms with Gasteiger partial charge < -0.3 is 4.74 Å². The molecule has 1 heterocycles. The lowest BCUT2D eigenvalue weighted by Crippen LogP contribution is -2.44. The Bertz CT molecular complexity index is 347. The number of halogens is 3. The first-order valence-electron chi connectivity index (χ1n) is 4.63. The molecule has 1 saturated heterocycles. The predicted molar refractivity (Wildman–Crippen MR) is 49.1 cm³/mol. The Morgan fingerprint density at radius 1 is 1.38 bits per heavy atom. The fraction of sp³-hybridized carbons (Fsp3) is 1.00. The Labute approximate surface area is 91.8 Å². The summed E-state index contributed by atoms with van der Waals surface area (Å²) in [6.07, 6.45) is -0.879. The minimum Gasteiger partial charge on any atom is -0.381 e. The second-order valence-corrected chi connectivity index (χ2v) is 5.88. The van der Waals surface area contributed by atoms with E-state index in [-0.39, 0.29) is 19.6 Å². The molecule has 0 aliphatic carbocycles. The molecule has 96 valence electrons. The molecule has 0 aromatic carbocycles. The number of hydrogen-bond acceptors (Lipinski definition) is 4. The molecule has 0 N–H and O–H groups in total. The van der Waals surface area contributed by atoms with E-state index in [1.54, 1.807) is 13.8 Å². The summed E-state index contributed by atoms with van der Waals surface area (Å²) in [4.78, 5) is 0. The van der Waals surface area contributed by atoms with Gasteiger partial charge in [-0.1, -0.05) is 13.8 Å². The minimum atomic E-state index is -5.52. The van der Waals surface area contributed by atoms with Crippen molar-refractivity contribution >= 4 is 10.1 Å². The maximum Gasteiger partial charge on any atom is 0.523 e. The molecule has 4 nitrogen and oxygen atoms in total. The summed E-state index contributed by atoms with van der Waals surface area (Å²) in [5.41, 5.74) is -6.13. The first-order valence-corrected chi connectivity index (χ1v) is 6.04. The zero-order valence-electron chi connectivity index (χ0n) is 8.87.